The minimum absolute atomic E-state index is 0.0201. The summed E-state index contributed by atoms with van der Waals surface area (Å²) in [7, 11) is 1.68. The van der Waals surface area contributed by atoms with Gasteiger partial charge in [0.15, 0.2) is 0 Å². The van der Waals surface area contributed by atoms with Crippen LogP contribution < -0.4 is 4.90 Å². The molecule has 0 aromatic heterocycles. The third-order valence-corrected chi connectivity index (χ3v) is 29.7. The summed E-state index contributed by atoms with van der Waals surface area (Å²) in [6.07, 6.45) is 1.97. The zero-order valence-electron chi connectivity index (χ0n) is 86.5. The van der Waals surface area contributed by atoms with Crippen LogP contribution in [-0.2, 0) is 19.6 Å². The average molecular weight is 2000 g/mol. The van der Waals surface area contributed by atoms with Gasteiger partial charge in [-0.1, -0.05) is 234 Å². The number of amides is 4. The number of carbonyl (C=O) groups is 4. The van der Waals surface area contributed by atoms with Crippen LogP contribution in [0.4, 0.5) is 18.9 Å². The smallest absolute Gasteiger partial charge is 0.258 e. The normalized spacial score (nSPS) is 19.7. The molecule has 16 nitrogen and oxygen atoms in total. The Hall–Kier alpha value is -11.8. The molecule has 12 atom stereocenters. The van der Waals surface area contributed by atoms with Crippen molar-refractivity contribution >= 4 is 45.2 Å². The van der Waals surface area contributed by atoms with E-state index in [4.69, 9.17) is 0 Å². The summed E-state index contributed by atoms with van der Waals surface area (Å²) < 4.78 is 42.0. The summed E-state index contributed by atoms with van der Waals surface area (Å²) in [5.74, 6) is -0.638. The molecule has 16 rings (SSSR count). The van der Waals surface area contributed by atoms with Crippen LogP contribution in [0, 0.1) is 17.5 Å². The molecular formula is C123H148BrF3N12O4. The first-order chi connectivity index (χ1) is 69.1. The lowest BCUT2D eigenvalue weighted by Crippen LogP contribution is -2.57. The van der Waals surface area contributed by atoms with Gasteiger partial charge in [0, 0.05) is 206 Å². The summed E-state index contributed by atoms with van der Waals surface area (Å²) in [5, 5.41) is 0. The van der Waals surface area contributed by atoms with Crippen molar-refractivity contribution in [1.29, 1.82) is 0 Å². The SMILES string of the molecule is C=CCN1C[C@H](C)N([C@H](c2ccccc2)c2cccc(C(=O)N(C)c3cccc(F)c3)c2)C[C@H]1C.CCN(CC)C(=O)c1ccc([C@@H](c2ccccc2)N2C[C@@H](C)N(Cc3ccc(Br)cc3)C[C@@H]2C)cc1.CCN(CC)C(=O)c1ccc([C@@H](c2ccccc2)N2C[C@@H](C)N(Cc3ccc(F)cc3)C[C@@H]2C)cc1.CCN(CC)C(=O)c1ccc([C@@H](c2ccccc2)N2C[C@@H](C)N(Cc3cccc(F)c3)C[C@@H]2C)cc1. The van der Waals surface area contributed by atoms with E-state index < -0.39 is 0 Å². The predicted octanol–water partition coefficient (Wildman–Crippen LogP) is 24.4. The van der Waals surface area contributed by atoms with Crippen molar-refractivity contribution in [1.82, 2.24) is 53.9 Å². The fourth-order valence-corrected chi connectivity index (χ4v) is 21.4. The zero-order chi connectivity index (χ0) is 102. The van der Waals surface area contributed by atoms with Gasteiger partial charge in [-0.05, 0) is 261 Å². The van der Waals surface area contributed by atoms with Crippen molar-refractivity contribution in [3.05, 3.63) is 433 Å². The lowest BCUT2D eigenvalue weighted by Gasteiger charge is -2.47. The first-order valence-electron chi connectivity index (χ1n) is 51.5. The second-order valence-corrected chi connectivity index (χ2v) is 39.9. The minimum Gasteiger partial charge on any atom is -0.339 e. The minimum atomic E-state index is -0.362. The Kier molecular flexibility index (Phi) is 39.9. The molecular weight excluding hydrogens is 1850 g/mol. The Labute approximate surface area is 858 Å². The highest BCUT2D eigenvalue weighted by Gasteiger charge is 2.41. The molecule has 0 radical (unpaired) electrons. The van der Waals surface area contributed by atoms with E-state index in [0.29, 0.717) is 85.8 Å². The number of nitrogens with zero attached hydrogens (tertiary/aromatic N) is 12. The van der Waals surface area contributed by atoms with Gasteiger partial charge in [0.1, 0.15) is 17.5 Å². The maximum absolute atomic E-state index is 13.8. The Bertz CT molecular complexity index is 5810. The topological polar surface area (TPSA) is 107 Å². The summed E-state index contributed by atoms with van der Waals surface area (Å²) in [4.78, 5) is 79.3. The first-order valence-corrected chi connectivity index (χ1v) is 52.2. The first kappa shape index (κ1) is 108. The molecule has 4 fully saturated rings. The molecule has 4 heterocycles. The quantitative estimate of drug-likeness (QED) is 0.0386. The molecule has 0 spiro atoms. The predicted molar refractivity (Wildman–Crippen MR) is 582 cm³/mol. The fourth-order valence-electron chi connectivity index (χ4n) is 21.1. The van der Waals surface area contributed by atoms with E-state index in [9.17, 15) is 32.3 Å². The molecule has 4 amide bonds. The van der Waals surface area contributed by atoms with Crippen LogP contribution in [0.25, 0.3) is 0 Å². The average Bonchev–Trinajstić information content (AvgIpc) is 0.789. The molecule has 0 aliphatic carbocycles. The second-order valence-electron chi connectivity index (χ2n) is 39.0. The molecule has 0 bridgehead atoms. The molecule has 12 aromatic carbocycles. The van der Waals surface area contributed by atoms with Crippen LogP contribution in [0.1, 0.15) is 224 Å². The van der Waals surface area contributed by atoms with Crippen molar-refractivity contribution in [3.63, 3.8) is 0 Å². The van der Waals surface area contributed by atoms with Crippen LogP contribution >= 0.6 is 15.9 Å². The van der Waals surface area contributed by atoms with Crippen molar-refractivity contribution < 1.29 is 32.3 Å². The van der Waals surface area contributed by atoms with Crippen molar-refractivity contribution in [2.45, 2.75) is 189 Å². The van der Waals surface area contributed by atoms with Crippen molar-refractivity contribution in [2.24, 2.45) is 0 Å². The van der Waals surface area contributed by atoms with Gasteiger partial charge in [-0.15, -0.1) is 6.58 Å². The zero-order valence-corrected chi connectivity index (χ0v) is 88.1. The summed E-state index contributed by atoms with van der Waals surface area (Å²) in [6.45, 7) is 49.5. The largest absolute Gasteiger partial charge is 0.339 e. The molecule has 12 aromatic rings. The van der Waals surface area contributed by atoms with E-state index in [-0.39, 0.29) is 65.2 Å². The van der Waals surface area contributed by atoms with Crippen LogP contribution in [0.3, 0.4) is 0 Å². The maximum atomic E-state index is 13.8. The number of carbonyl (C=O) groups excluding carboxylic acids is 4. The Morgan fingerprint density at radius 1 is 0.301 bits per heavy atom. The Morgan fingerprint density at radius 3 is 0.930 bits per heavy atom. The molecule has 0 saturated carbocycles. The van der Waals surface area contributed by atoms with E-state index in [0.717, 1.165) is 129 Å². The molecule has 752 valence electrons. The van der Waals surface area contributed by atoms with Gasteiger partial charge in [-0.2, -0.15) is 0 Å². The maximum Gasteiger partial charge on any atom is 0.258 e. The lowest BCUT2D eigenvalue weighted by molar-refractivity contribution is 0.0195. The van der Waals surface area contributed by atoms with Crippen LogP contribution in [-0.4, -0.2) is 231 Å². The fraction of sp³-hybridized carbons (Fsp3) is 0.366. The third kappa shape index (κ3) is 28.3. The second kappa shape index (κ2) is 52.6. The molecule has 4 saturated heterocycles. The highest BCUT2D eigenvalue weighted by atomic mass is 79.9. The number of halogens is 4. The molecule has 143 heavy (non-hydrogen) atoms. The van der Waals surface area contributed by atoms with Gasteiger partial charge in [-0.25, -0.2) is 13.2 Å². The molecule has 20 heteroatoms. The molecule has 0 unspecified atom stereocenters. The summed E-state index contributed by atoms with van der Waals surface area (Å²) >= 11 is 3.55. The number of benzene rings is 12. The van der Waals surface area contributed by atoms with E-state index >= 15 is 0 Å². The summed E-state index contributed by atoms with van der Waals surface area (Å²) in [5.41, 5.74) is 16.5. The van der Waals surface area contributed by atoms with Crippen LogP contribution in [0.2, 0.25) is 0 Å². The van der Waals surface area contributed by atoms with Crippen molar-refractivity contribution in [2.75, 3.05) is 110 Å². The van der Waals surface area contributed by atoms with Crippen LogP contribution in [0.15, 0.2) is 333 Å². The van der Waals surface area contributed by atoms with Crippen LogP contribution in [0.5, 0.6) is 0 Å². The summed E-state index contributed by atoms with van der Waals surface area (Å²) in [6, 6.07) is 107. The molecule has 4 aliphatic heterocycles. The number of hydrogen-bond donors (Lipinski definition) is 0. The Balaban J connectivity index is 0.000000160. The highest BCUT2D eigenvalue weighted by molar-refractivity contribution is 9.10. The Morgan fingerprint density at radius 2 is 0.594 bits per heavy atom. The number of hydrogen-bond acceptors (Lipinski definition) is 12. The van der Waals surface area contributed by atoms with Gasteiger partial charge in [0.25, 0.3) is 23.6 Å². The number of piperazine rings is 4. The van der Waals surface area contributed by atoms with Gasteiger partial charge in [0.2, 0.25) is 0 Å². The lowest BCUT2D eigenvalue weighted by atomic mass is 9.92. The number of anilines is 1. The van der Waals surface area contributed by atoms with Gasteiger partial charge in [-0.3, -0.25) is 58.4 Å². The van der Waals surface area contributed by atoms with Crippen molar-refractivity contribution in [3.8, 4) is 0 Å². The third-order valence-electron chi connectivity index (χ3n) is 29.2. The van der Waals surface area contributed by atoms with E-state index in [1.54, 1.807) is 43.4 Å². The number of rotatable bonds is 31. The van der Waals surface area contributed by atoms with E-state index in [1.807, 2.05) is 141 Å². The monoisotopic (exact) mass is 1990 g/mol. The van der Waals surface area contributed by atoms with E-state index in [1.165, 1.54) is 67.6 Å². The highest BCUT2D eigenvalue weighted by Crippen LogP contribution is 2.41. The van der Waals surface area contributed by atoms with Gasteiger partial charge < -0.3 is 19.6 Å². The van der Waals surface area contributed by atoms with E-state index in [2.05, 4.69) is 299 Å². The molecule has 4 aliphatic rings. The molecule has 0 N–H and O–H groups in total. The van der Waals surface area contributed by atoms with Gasteiger partial charge >= 0.3 is 0 Å². The van der Waals surface area contributed by atoms with Gasteiger partial charge in [0.05, 0.1) is 24.2 Å². The standard InChI is InChI=1S/C31H38BrN3O.2C31H38FN3O.C30H34FN3O/c1-5-33(6-2)31(36)28-16-14-27(15-17-28)30(26-10-8-7-9-11-26)35-21-23(3)34(20-24(35)4)22-25-12-18-29(32)19-13-25;1-5-33(6-2)31(36)28-17-15-27(16-18-28)30(26-12-8-7-9-13-26)35-21-23(3)34(20-24(35)4)22-25-11-10-14-29(32)19-25;1-5-33(6-2)31(36)28-16-14-27(15-17-28)30(26-10-8-7-9-11-26)35-21-23(3)34(20-24(35)4)22-25-12-18-29(32)19-13-25;1-5-17-33-20-23(3)34(21-22(33)2)29(24-11-7-6-8-12-24)25-13-9-14-26(18-25)30(35)32(4)28-16-10-15-27(31)19-28/h3*7-19,23-24,30H,5-6,20-22H2,1-4H3;5-16,18-19,22-23,29H,1,17,20-21H2,2-4H3/t3*23-,24+,30-;22-,23+,29-/m1111/s1.